The molecule has 1 fully saturated rings. The molecule has 2 aliphatic heterocycles. The number of anilines is 1. The Labute approximate surface area is 178 Å². The van der Waals surface area contributed by atoms with E-state index in [1.54, 1.807) is 7.11 Å². The molecule has 30 heavy (non-hydrogen) atoms. The van der Waals surface area contributed by atoms with Crippen molar-refractivity contribution in [2.45, 2.75) is 38.1 Å². The lowest BCUT2D eigenvalue weighted by Crippen LogP contribution is -2.48. The van der Waals surface area contributed by atoms with Gasteiger partial charge in [-0.15, -0.1) is 0 Å². The van der Waals surface area contributed by atoms with Crippen LogP contribution in [0.2, 0.25) is 0 Å². The summed E-state index contributed by atoms with van der Waals surface area (Å²) in [6, 6.07) is 14.2. The molecule has 0 radical (unpaired) electrons. The predicted molar refractivity (Wildman–Crippen MR) is 117 cm³/mol. The van der Waals surface area contributed by atoms with Crippen LogP contribution in [-0.2, 0) is 11.2 Å². The highest BCUT2D eigenvalue weighted by molar-refractivity contribution is 5.76. The minimum Gasteiger partial charge on any atom is -0.495 e. The quantitative estimate of drug-likeness (QED) is 0.789. The second-order valence-electron chi connectivity index (χ2n) is 7.86. The van der Waals surface area contributed by atoms with Crippen LogP contribution in [-0.4, -0.2) is 45.4 Å². The van der Waals surface area contributed by atoms with Gasteiger partial charge in [-0.05, 0) is 49.1 Å². The van der Waals surface area contributed by atoms with Crippen LogP contribution in [0.25, 0.3) is 0 Å². The standard InChI is InChI=1S/C24H30N2O4/c1-28-21-8-3-2-7-20(21)26-13-4-6-19(17-26)25-24(27)12-10-18-9-11-22-23(16-18)30-15-5-14-29-22/h2-3,7-9,11,16,19H,4-6,10,12-15,17H2,1H3,(H,25,27). The molecule has 0 aromatic heterocycles. The van der Waals surface area contributed by atoms with E-state index in [0.717, 1.165) is 60.9 Å². The van der Waals surface area contributed by atoms with Crippen molar-refractivity contribution in [3.05, 3.63) is 48.0 Å². The molecule has 0 saturated carbocycles. The van der Waals surface area contributed by atoms with Crippen LogP contribution in [0.3, 0.4) is 0 Å². The number of amides is 1. The van der Waals surface area contributed by atoms with Crippen LogP contribution in [0, 0.1) is 0 Å². The van der Waals surface area contributed by atoms with Crippen molar-refractivity contribution >= 4 is 11.6 Å². The maximum Gasteiger partial charge on any atom is 0.220 e. The monoisotopic (exact) mass is 410 g/mol. The molecular formula is C24H30N2O4. The Morgan fingerprint density at radius 2 is 1.97 bits per heavy atom. The zero-order valence-corrected chi connectivity index (χ0v) is 17.6. The van der Waals surface area contributed by atoms with Crippen LogP contribution in [0.5, 0.6) is 17.2 Å². The molecule has 4 rings (SSSR count). The topological polar surface area (TPSA) is 60.0 Å². The third-order valence-corrected chi connectivity index (χ3v) is 5.67. The molecule has 2 heterocycles. The molecule has 2 aliphatic rings. The molecule has 6 heteroatoms. The number of aryl methyl sites for hydroxylation is 1. The molecule has 2 aromatic rings. The van der Waals surface area contributed by atoms with Crippen molar-refractivity contribution in [3.63, 3.8) is 0 Å². The van der Waals surface area contributed by atoms with Crippen LogP contribution >= 0.6 is 0 Å². The smallest absolute Gasteiger partial charge is 0.220 e. The lowest BCUT2D eigenvalue weighted by molar-refractivity contribution is -0.121. The number of fused-ring (bicyclic) bond motifs is 1. The zero-order chi connectivity index (χ0) is 20.8. The highest BCUT2D eigenvalue weighted by Crippen LogP contribution is 2.31. The van der Waals surface area contributed by atoms with E-state index >= 15 is 0 Å². The molecule has 0 aliphatic carbocycles. The molecular weight excluding hydrogens is 380 g/mol. The first-order valence-electron chi connectivity index (χ1n) is 10.8. The Morgan fingerprint density at radius 1 is 1.13 bits per heavy atom. The van der Waals surface area contributed by atoms with Gasteiger partial charge in [-0.2, -0.15) is 0 Å². The number of methoxy groups -OCH3 is 1. The van der Waals surface area contributed by atoms with Gasteiger partial charge in [0.1, 0.15) is 5.75 Å². The minimum atomic E-state index is 0.0917. The van der Waals surface area contributed by atoms with E-state index in [1.165, 1.54) is 0 Å². The van der Waals surface area contributed by atoms with E-state index in [0.29, 0.717) is 26.1 Å². The van der Waals surface area contributed by atoms with Crippen molar-refractivity contribution in [3.8, 4) is 17.2 Å². The molecule has 1 N–H and O–H groups in total. The minimum absolute atomic E-state index is 0.0917. The first-order chi connectivity index (χ1) is 14.7. The number of rotatable bonds is 6. The maximum atomic E-state index is 12.6. The Bertz CT molecular complexity index is 870. The Morgan fingerprint density at radius 3 is 2.83 bits per heavy atom. The highest BCUT2D eigenvalue weighted by Gasteiger charge is 2.23. The van der Waals surface area contributed by atoms with E-state index in [1.807, 2.05) is 36.4 Å². The van der Waals surface area contributed by atoms with E-state index in [2.05, 4.69) is 16.3 Å². The number of benzene rings is 2. The largest absolute Gasteiger partial charge is 0.495 e. The molecule has 6 nitrogen and oxygen atoms in total. The number of nitrogens with one attached hydrogen (secondary N) is 1. The second kappa shape index (κ2) is 9.74. The predicted octanol–water partition coefficient (Wildman–Crippen LogP) is 3.57. The number of nitrogens with zero attached hydrogens (tertiary/aromatic N) is 1. The van der Waals surface area contributed by atoms with Gasteiger partial charge in [0.25, 0.3) is 0 Å². The van der Waals surface area contributed by atoms with Crippen molar-refractivity contribution in [2.75, 3.05) is 38.3 Å². The van der Waals surface area contributed by atoms with Crippen molar-refractivity contribution < 1.29 is 19.0 Å². The first-order valence-corrected chi connectivity index (χ1v) is 10.8. The summed E-state index contributed by atoms with van der Waals surface area (Å²) in [6.07, 6.45) is 4.09. The SMILES string of the molecule is COc1ccccc1N1CCCC(NC(=O)CCc2ccc3c(c2)OCCCO3)C1. The summed E-state index contributed by atoms with van der Waals surface area (Å²) in [5.41, 5.74) is 2.18. The number of hydrogen-bond acceptors (Lipinski definition) is 5. The van der Waals surface area contributed by atoms with Gasteiger partial charge in [-0.25, -0.2) is 0 Å². The summed E-state index contributed by atoms with van der Waals surface area (Å²) >= 11 is 0. The Balaban J connectivity index is 1.30. The average Bonchev–Trinajstić information content (AvgIpc) is 3.03. The summed E-state index contributed by atoms with van der Waals surface area (Å²) in [6.45, 7) is 3.13. The van der Waals surface area contributed by atoms with E-state index in [4.69, 9.17) is 14.2 Å². The van der Waals surface area contributed by atoms with Crippen LogP contribution in [0.1, 0.15) is 31.2 Å². The molecule has 1 amide bonds. The number of piperidine rings is 1. The van der Waals surface area contributed by atoms with Gasteiger partial charge in [0.15, 0.2) is 11.5 Å². The van der Waals surface area contributed by atoms with Gasteiger partial charge in [0.05, 0.1) is 26.0 Å². The van der Waals surface area contributed by atoms with E-state index < -0.39 is 0 Å². The zero-order valence-electron chi connectivity index (χ0n) is 17.6. The number of ether oxygens (including phenoxy) is 3. The van der Waals surface area contributed by atoms with Gasteiger partial charge in [0.2, 0.25) is 5.91 Å². The van der Waals surface area contributed by atoms with Crippen molar-refractivity contribution in [1.82, 2.24) is 5.32 Å². The fourth-order valence-corrected chi connectivity index (χ4v) is 4.13. The molecule has 0 spiro atoms. The lowest BCUT2D eigenvalue weighted by Gasteiger charge is -2.35. The number of para-hydroxylation sites is 2. The second-order valence-corrected chi connectivity index (χ2v) is 7.86. The maximum absolute atomic E-state index is 12.6. The summed E-state index contributed by atoms with van der Waals surface area (Å²) in [4.78, 5) is 14.9. The van der Waals surface area contributed by atoms with Gasteiger partial charge in [0, 0.05) is 32.0 Å². The average molecular weight is 411 g/mol. The molecule has 1 atom stereocenters. The Kier molecular flexibility index (Phi) is 6.62. The lowest BCUT2D eigenvalue weighted by atomic mass is 10.0. The van der Waals surface area contributed by atoms with Crippen LogP contribution in [0.15, 0.2) is 42.5 Å². The third kappa shape index (κ3) is 4.99. The fraction of sp³-hybridized carbons (Fsp3) is 0.458. The third-order valence-electron chi connectivity index (χ3n) is 5.67. The van der Waals surface area contributed by atoms with Crippen molar-refractivity contribution in [1.29, 1.82) is 0 Å². The first kappa shape index (κ1) is 20.4. The van der Waals surface area contributed by atoms with Gasteiger partial charge in [-0.3, -0.25) is 4.79 Å². The molecule has 1 saturated heterocycles. The molecule has 0 bridgehead atoms. The molecule has 160 valence electrons. The van der Waals surface area contributed by atoms with Crippen molar-refractivity contribution in [2.24, 2.45) is 0 Å². The molecule has 1 unspecified atom stereocenters. The van der Waals surface area contributed by atoms with Crippen LogP contribution in [0.4, 0.5) is 5.69 Å². The summed E-state index contributed by atoms with van der Waals surface area (Å²) in [5.74, 6) is 2.54. The van der Waals surface area contributed by atoms with E-state index in [-0.39, 0.29) is 11.9 Å². The van der Waals surface area contributed by atoms with E-state index in [9.17, 15) is 4.79 Å². The highest BCUT2D eigenvalue weighted by atomic mass is 16.5. The summed E-state index contributed by atoms with van der Waals surface area (Å²) in [5, 5.41) is 3.22. The number of carbonyl (C=O) groups excluding carboxylic acids is 1. The van der Waals surface area contributed by atoms with Crippen LogP contribution < -0.4 is 24.4 Å². The Hall–Kier alpha value is -2.89. The number of hydrogen-bond donors (Lipinski definition) is 1. The molecule has 2 aromatic carbocycles. The van der Waals surface area contributed by atoms with Gasteiger partial charge < -0.3 is 24.4 Å². The number of carbonyl (C=O) groups is 1. The van der Waals surface area contributed by atoms with Gasteiger partial charge >= 0.3 is 0 Å². The normalized spacial score (nSPS) is 18.4. The van der Waals surface area contributed by atoms with Gasteiger partial charge in [-0.1, -0.05) is 18.2 Å². The fourth-order valence-electron chi connectivity index (χ4n) is 4.13. The summed E-state index contributed by atoms with van der Waals surface area (Å²) in [7, 11) is 1.70. The summed E-state index contributed by atoms with van der Waals surface area (Å²) < 4.78 is 16.9.